The van der Waals surface area contributed by atoms with Crippen molar-refractivity contribution in [1.82, 2.24) is 0 Å². The number of allylic oxidation sites excluding steroid dienone is 3. The Morgan fingerprint density at radius 1 is 1.30 bits per heavy atom. The monoisotopic (exact) mass is 272 g/mol. The summed E-state index contributed by atoms with van der Waals surface area (Å²) < 4.78 is 5.10. The number of carbonyl (C=O) groups excluding carboxylic acids is 1. The minimum atomic E-state index is -0.144. The molecule has 1 aromatic carbocycles. The van der Waals surface area contributed by atoms with E-state index < -0.39 is 0 Å². The standard InChI is InChI=1S/C18H24O2/c1-13(2)7-6-8-14(3)15(4)18(19)16-9-11-17(20-5)12-10-16/h7,9-12,15H,3,6,8H2,1-2,4-5H3. The van der Waals surface area contributed by atoms with Crippen LogP contribution in [0.1, 0.15) is 44.0 Å². The molecule has 0 saturated heterocycles. The number of Topliss-reactive ketones (excluding diaryl/α,β-unsaturated/α-hetero) is 1. The molecule has 108 valence electrons. The second kappa shape index (κ2) is 7.68. The van der Waals surface area contributed by atoms with E-state index in [9.17, 15) is 4.79 Å². The Kier molecular flexibility index (Phi) is 6.23. The van der Waals surface area contributed by atoms with Gasteiger partial charge in [-0.25, -0.2) is 0 Å². The Balaban J connectivity index is 2.65. The van der Waals surface area contributed by atoms with E-state index in [1.165, 1.54) is 5.57 Å². The zero-order chi connectivity index (χ0) is 15.1. The van der Waals surface area contributed by atoms with E-state index in [4.69, 9.17) is 4.74 Å². The molecule has 0 bridgehead atoms. The fourth-order valence-corrected chi connectivity index (χ4v) is 1.95. The molecule has 1 atom stereocenters. The van der Waals surface area contributed by atoms with E-state index in [1.807, 2.05) is 19.1 Å². The summed E-state index contributed by atoms with van der Waals surface area (Å²) >= 11 is 0. The van der Waals surface area contributed by atoms with Crippen LogP contribution >= 0.6 is 0 Å². The topological polar surface area (TPSA) is 26.3 Å². The molecule has 0 spiro atoms. The summed E-state index contributed by atoms with van der Waals surface area (Å²) in [4.78, 5) is 12.4. The van der Waals surface area contributed by atoms with Crippen LogP contribution in [0.5, 0.6) is 5.75 Å². The fourth-order valence-electron chi connectivity index (χ4n) is 1.95. The number of hydrogen-bond acceptors (Lipinski definition) is 2. The van der Waals surface area contributed by atoms with E-state index in [-0.39, 0.29) is 11.7 Å². The van der Waals surface area contributed by atoms with Crippen LogP contribution in [0.25, 0.3) is 0 Å². The van der Waals surface area contributed by atoms with Crippen LogP contribution in [-0.4, -0.2) is 12.9 Å². The molecule has 0 heterocycles. The molecular formula is C18H24O2. The smallest absolute Gasteiger partial charge is 0.169 e. The van der Waals surface area contributed by atoms with Gasteiger partial charge in [0.25, 0.3) is 0 Å². The number of rotatable bonds is 7. The molecule has 0 aromatic heterocycles. The highest BCUT2D eigenvalue weighted by atomic mass is 16.5. The summed E-state index contributed by atoms with van der Waals surface area (Å²) in [6.45, 7) is 10.1. The normalized spacial score (nSPS) is 11.6. The van der Waals surface area contributed by atoms with Gasteiger partial charge in [-0.3, -0.25) is 4.79 Å². The van der Waals surface area contributed by atoms with Gasteiger partial charge in [-0.1, -0.05) is 30.7 Å². The lowest BCUT2D eigenvalue weighted by molar-refractivity contribution is 0.0946. The van der Waals surface area contributed by atoms with Gasteiger partial charge in [-0.2, -0.15) is 0 Å². The van der Waals surface area contributed by atoms with Gasteiger partial charge >= 0.3 is 0 Å². The Labute approximate surface area is 122 Å². The third-order valence-corrected chi connectivity index (χ3v) is 3.40. The maximum atomic E-state index is 12.4. The summed E-state index contributed by atoms with van der Waals surface area (Å²) in [5, 5.41) is 0. The Bertz CT molecular complexity index is 491. The highest BCUT2D eigenvalue weighted by molar-refractivity contribution is 5.99. The molecule has 0 aliphatic carbocycles. The summed E-state index contributed by atoms with van der Waals surface area (Å²) in [7, 11) is 1.62. The first kappa shape index (κ1) is 16.2. The highest BCUT2D eigenvalue weighted by Gasteiger charge is 2.17. The lowest BCUT2D eigenvalue weighted by atomic mass is 9.90. The number of ketones is 1. The Hall–Kier alpha value is -1.83. The third-order valence-electron chi connectivity index (χ3n) is 3.40. The first-order chi connectivity index (χ1) is 9.45. The van der Waals surface area contributed by atoms with E-state index in [0.717, 1.165) is 24.2 Å². The third kappa shape index (κ3) is 4.69. The molecule has 0 saturated carbocycles. The van der Waals surface area contributed by atoms with E-state index in [1.54, 1.807) is 19.2 Å². The molecule has 1 rings (SSSR count). The van der Waals surface area contributed by atoms with Gasteiger partial charge in [0.15, 0.2) is 5.78 Å². The SMILES string of the molecule is C=C(CCC=C(C)C)C(C)C(=O)c1ccc(OC)cc1. The van der Waals surface area contributed by atoms with Crippen LogP contribution in [0.15, 0.2) is 48.1 Å². The summed E-state index contributed by atoms with van der Waals surface area (Å²) in [5.74, 6) is 0.736. The molecule has 0 amide bonds. The number of carbonyl (C=O) groups is 1. The van der Waals surface area contributed by atoms with Gasteiger partial charge in [-0.05, 0) is 51.0 Å². The molecule has 20 heavy (non-hydrogen) atoms. The number of benzene rings is 1. The van der Waals surface area contributed by atoms with Crippen molar-refractivity contribution in [3.63, 3.8) is 0 Å². The van der Waals surface area contributed by atoms with Crippen LogP contribution in [0.2, 0.25) is 0 Å². The van der Waals surface area contributed by atoms with Crippen molar-refractivity contribution < 1.29 is 9.53 Å². The lowest BCUT2D eigenvalue weighted by Crippen LogP contribution is -2.13. The van der Waals surface area contributed by atoms with Gasteiger partial charge < -0.3 is 4.74 Å². The van der Waals surface area contributed by atoms with Gasteiger partial charge in [0.1, 0.15) is 5.75 Å². The van der Waals surface area contributed by atoms with Crippen LogP contribution in [0, 0.1) is 5.92 Å². The van der Waals surface area contributed by atoms with Crippen LogP contribution in [0.3, 0.4) is 0 Å². The molecule has 0 aliphatic heterocycles. The second-order valence-corrected chi connectivity index (χ2v) is 5.29. The molecule has 1 aromatic rings. The highest BCUT2D eigenvalue weighted by Crippen LogP contribution is 2.21. The van der Waals surface area contributed by atoms with Gasteiger partial charge in [0, 0.05) is 11.5 Å². The average Bonchev–Trinajstić information content (AvgIpc) is 2.45. The zero-order valence-corrected chi connectivity index (χ0v) is 12.9. The Morgan fingerprint density at radius 3 is 2.40 bits per heavy atom. The molecule has 0 N–H and O–H groups in total. The van der Waals surface area contributed by atoms with E-state index in [0.29, 0.717) is 5.56 Å². The summed E-state index contributed by atoms with van der Waals surface area (Å²) in [6, 6.07) is 7.24. The minimum Gasteiger partial charge on any atom is -0.497 e. The molecule has 0 radical (unpaired) electrons. The zero-order valence-electron chi connectivity index (χ0n) is 12.9. The van der Waals surface area contributed by atoms with Gasteiger partial charge in [-0.15, -0.1) is 0 Å². The second-order valence-electron chi connectivity index (χ2n) is 5.29. The molecule has 1 unspecified atom stereocenters. The minimum absolute atomic E-state index is 0.120. The first-order valence-electron chi connectivity index (χ1n) is 6.95. The molecule has 0 aliphatic rings. The average molecular weight is 272 g/mol. The predicted molar refractivity (Wildman–Crippen MR) is 84.3 cm³/mol. The summed E-state index contributed by atoms with van der Waals surface area (Å²) in [6.07, 6.45) is 3.98. The predicted octanol–water partition coefficient (Wildman–Crippen LogP) is 4.82. The molecular weight excluding hydrogens is 248 g/mol. The first-order valence-corrected chi connectivity index (χ1v) is 6.95. The van der Waals surface area contributed by atoms with Crippen molar-refractivity contribution in [2.45, 2.75) is 33.6 Å². The maximum Gasteiger partial charge on any atom is 0.169 e. The van der Waals surface area contributed by atoms with Crippen molar-refractivity contribution in [3.05, 3.63) is 53.6 Å². The van der Waals surface area contributed by atoms with Crippen LogP contribution in [-0.2, 0) is 0 Å². The number of hydrogen-bond donors (Lipinski definition) is 0. The van der Waals surface area contributed by atoms with Gasteiger partial charge in [0.2, 0.25) is 0 Å². The molecule has 0 fully saturated rings. The van der Waals surface area contributed by atoms with Gasteiger partial charge in [0.05, 0.1) is 7.11 Å². The lowest BCUT2D eigenvalue weighted by Gasteiger charge is -2.13. The maximum absolute atomic E-state index is 12.4. The van der Waals surface area contributed by atoms with Crippen molar-refractivity contribution in [2.75, 3.05) is 7.11 Å². The fraction of sp³-hybridized carbons (Fsp3) is 0.389. The molecule has 2 heteroatoms. The largest absolute Gasteiger partial charge is 0.497 e. The number of methoxy groups -OCH3 is 1. The van der Waals surface area contributed by atoms with Crippen LogP contribution in [0.4, 0.5) is 0 Å². The van der Waals surface area contributed by atoms with Crippen molar-refractivity contribution in [2.24, 2.45) is 5.92 Å². The molecule has 2 nitrogen and oxygen atoms in total. The Morgan fingerprint density at radius 2 is 1.90 bits per heavy atom. The van der Waals surface area contributed by atoms with E-state index in [2.05, 4.69) is 26.5 Å². The van der Waals surface area contributed by atoms with Crippen molar-refractivity contribution in [3.8, 4) is 5.75 Å². The quantitative estimate of drug-likeness (QED) is 0.525. The van der Waals surface area contributed by atoms with E-state index >= 15 is 0 Å². The summed E-state index contributed by atoms with van der Waals surface area (Å²) in [5.41, 5.74) is 3.00. The van der Waals surface area contributed by atoms with Crippen molar-refractivity contribution in [1.29, 1.82) is 0 Å². The van der Waals surface area contributed by atoms with Crippen LogP contribution < -0.4 is 4.74 Å². The van der Waals surface area contributed by atoms with Crippen molar-refractivity contribution >= 4 is 5.78 Å². The number of ether oxygens (including phenoxy) is 1.